The maximum atomic E-state index is 11.2. The first kappa shape index (κ1) is 9.39. The lowest BCUT2D eigenvalue weighted by atomic mass is 10.2. The molecule has 0 aliphatic heterocycles. The summed E-state index contributed by atoms with van der Waals surface area (Å²) in [5.41, 5.74) is 2.23. The van der Waals surface area contributed by atoms with Crippen LogP contribution >= 0.6 is 0 Å². The average Bonchev–Trinajstić information content (AvgIpc) is 2.70. The molecule has 2 heterocycles. The van der Waals surface area contributed by atoms with E-state index in [4.69, 9.17) is 0 Å². The fourth-order valence-corrected chi connectivity index (χ4v) is 1.31. The highest BCUT2D eigenvalue weighted by Crippen LogP contribution is 2.18. The Hall–Kier alpha value is -2.17. The molecule has 0 spiro atoms. The summed E-state index contributed by atoms with van der Waals surface area (Å²) in [6.07, 6.45) is 4.46. The molecule has 0 radical (unpaired) electrons. The van der Waals surface area contributed by atoms with Crippen LogP contribution in [0.3, 0.4) is 0 Å². The van der Waals surface area contributed by atoms with Crippen LogP contribution in [0.15, 0.2) is 31.2 Å². The topological polar surface area (TPSA) is 59.3 Å². The summed E-state index contributed by atoms with van der Waals surface area (Å²) in [5.74, 6) is -0.255. The third kappa shape index (κ3) is 1.59. The van der Waals surface area contributed by atoms with Crippen molar-refractivity contribution < 1.29 is 4.79 Å². The smallest absolute Gasteiger partial charge is 0.247 e. The molecule has 1 amide bonds. The highest BCUT2D eigenvalue weighted by molar-refractivity contribution is 6.01. The first-order valence-corrected chi connectivity index (χ1v) is 4.44. The van der Waals surface area contributed by atoms with Crippen molar-refractivity contribution in [2.24, 2.45) is 0 Å². The zero-order valence-electron chi connectivity index (χ0n) is 8.27. The number of nitrogens with one attached hydrogen (secondary N) is 1. The van der Waals surface area contributed by atoms with Gasteiger partial charge in [-0.3, -0.25) is 4.79 Å². The number of rotatable bonds is 2. The lowest BCUT2D eigenvalue weighted by Gasteiger charge is -2.06. The van der Waals surface area contributed by atoms with Crippen LogP contribution in [0, 0.1) is 6.92 Å². The Labute approximate surface area is 86.4 Å². The summed E-state index contributed by atoms with van der Waals surface area (Å²) >= 11 is 0. The molecular weight excluding hydrogens is 192 g/mol. The number of amides is 1. The maximum absolute atomic E-state index is 11.2. The van der Waals surface area contributed by atoms with E-state index in [0.717, 1.165) is 5.56 Å². The summed E-state index contributed by atoms with van der Waals surface area (Å²) < 4.78 is 1.60. The molecule has 0 unspecified atom stereocenters. The normalized spacial score (nSPS) is 10.2. The number of carbonyl (C=O) groups is 1. The van der Waals surface area contributed by atoms with Crippen LogP contribution in [-0.2, 0) is 4.79 Å². The van der Waals surface area contributed by atoms with E-state index >= 15 is 0 Å². The number of nitrogens with zero attached hydrogens (tertiary/aromatic N) is 3. The van der Waals surface area contributed by atoms with E-state index in [1.165, 1.54) is 12.4 Å². The number of anilines is 1. The number of aryl methyl sites for hydroxylation is 1. The van der Waals surface area contributed by atoms with Crippen LogP contribution in [0.4, 0.5) is 5.69 Å². The molecule has 5 heteroatoms. The number of pyridine rings is 1. The number of aromatic nitrogens is 3. The predicted molar refractivity (Wildman–Crippen MR) is 56.6 cm³/mol. The quantitative estimate of drug-likeness (QED) is 0.743. The van der Waals surface area contributed by atoms with Gasteiger partial charge in [0.05, 0.1) is 5.69 Å². The second-order valence-corrected chi connectivity index (χ2v) is 3.10. The van der Waals surface area contributed by atoms with Crippen molar-refractivity contribution in [2.75, 3.05) is 5.32 Å². The molecule has 0 saturated heterocycles. The van der Waals surface area contributed by atoms with Crippen molar-refractivity contribution in [2.45, 2.75) is 6.92 Å². The lowest BCUT2D eigenvalue weighted by molar-refractivity contribution is -0.111. The summed E-state index contributed by atoms with van der Waals surface area (Å²) in [4.78, 5) is 15.3. The molecule has 5 nitrogen and oxygen atoms in total. The van der Waals surface area contributed by atoms with Crippen LogP contribution in [0.2, 0.25) is 0 Å². The zero-order chi connectivity index (χ0) is 10.8. The Morgan fingerprint density at radius 1 is 1.67 bits per heavy atom. The average molecular weight is 202 g/mol. The van der Waals surface area contributed by atoms with Gasteiger partial charge in [-0.2, -0.15) is 5.10 Å². The molecule has 0 bridgehead atoms. The van der Waals surface area contributed by atoms with Gasteiger partial charge in [-0.15, -0.1) is 0 Å². The van der Waals surface area contributed by atoms with Crippen LogP contribution in [0.25, 0.3) is 5.65 Å². The van der Waals surface area contributed by atoms with Crippen molar-refractivity contribution in [3.05, 3.63) is 36.8 Å². The Morgan fingerprint density at radius 2 is 2.47 bits per heavy atom. The highest BCUT2D eigenvalue weighted by atomic mass is 16.1. The number of carbonyl (C=O) groups excluding carboxylic acids is 1. The van der Waals surface area contributed by atoms with E-state index in [-0.39, 0.29) is 5.91 Å². The van der Waals surface area contributed by atoms with Crippen molar-refractivity contribution in [1.82, 2.24) is 14.6 Å². The van der Waals surface area contributed by atoms with E-state index in [0.29, 0.717) is 11.3 Å². The maximum Gasteiger partial charge on any atom is 0.247 e. The second kappa shape index (κ2) is 3.53. The second-order valence-electron chi connectivity index (χ2n) is 3.10. The van der Waals surface area contributed by atoms with E-state index < -0.39 is 0 Å². The van der Waals surface area contributed by atoms with E-state index in [1.54, 1.807) is 10.7 Å². The van der Waals surface area contributed by atoms with Gasteiger partial charge in [0.1, 0.15) is 6.33 Å². The fraction of sp³-hybridized carbons (Fsp3) is 0.100. The van der Waals surface area contributed by atoms with Gasteiger partial charge in [-0.25, -0.2) is 9.50 Å². The standard InChI is InChI=1S/C10H10N4O/c1-3-8(15)13-9-7(2)4-5-14-10(9)11-6-12-14/h3-6H,1H2,2H3,(H,13,15). The van der Waals surface area contributed by atoms with Gasteiger partial charge in [0.15, 0.2) is 5.65 Å². The third-order valence-corrected chi connectivity index (χ3v) is 2.09. The molecule has 0 atom stereocenters. The Kier molecular flexibility index (Phi) is 2.21. The molecule has 76 valence electrons. The first-order valence-electron chi connectivity index (χ1n) is 4.44. The molecule has 1 N–H and O–H groups in total. The van der Waals surface area contributed by atoms with Crippen molar-refractivity contribution in [3.63, 3.8) is 0 Å². The van der Waals surface area contributed by atoms with E-state index in [9.17, 15) is 4.79 Å². The number of hydrogen-bond acceptors (Lipinski definition) is 3. The van der Waals surface area contributed by atoms with Gasteiger partial charge < -0.3 is 5.32 Å². The summed E-state index contributed by atoms with van der Waals surface area (Å²) in [5, 5.41) is 6.69. The van der Waals surface area contributed by atoms with Gasteiger partial charge >= 0.3 is 0 Å². The molecule has 2 aromatic rings. The molecule has 0 aliphatic rings. The Balaban J connectivity index is 2.56. The fourth-order valence-electron chi connectivity index (χ4n) is 1.31. The Bertz CT molecular complexity index is 529. The molecule has 0 aliphatic carbocycles. The molecule has 0 aromatic carbocycles. The molecule has 2 aromatic heterocycles. The highest BCUT2D eigenvalue weighted by Gasteiger charge is 2.08. The van der Waals surface area contributed by atoms with Gasteiger partial charge in [-0.05, 0) is 24.6 Å². The van der Waals surface area contributed by atoms with Gasteiger partial charge in [-0.1, -0.05) is 6.58 Å². The van der Waals surface area contributed by atoms with Gasteiger partial charge in [0.25, 0.3) is 0 Å². The molecule has 15 heavy (non-hydrogen) atoms. The number of hydrogen-bond donors (Lipinski definition) is 1. The minimum atomic E-state index is -0.255. The van der Waals surface area contributed by atoms with Crippen LogP contribution in [0.1, 0.15) is 5.56 Å². The van der Waals surface area contributed by atoms with E-state index in [2.05, 4.69) is 22.0 Å². The minimum absolute atomic E-state index is 0.255. The molecule has 2 rings (SSSR count). The molecular formula is C10H10N4O. The number of fused-ring (bicyclic) bond motifs is 1. The minimum Gasteiger partial charge on any atom is -0.319 e. The SMILES string of the molecule is C=CC(=O)Nc1c(C)ccn2ncnc12. The monoisotopic (exact) mass is 202 g/mol. The van der Waals surface area contributed by atoms with Crippen molar-refractivity contribution >= 4 is 17.2 Å². The summed E-state index contributed by atoms with van der Waals surface area (Å²) in [6, 6.07) is 1.86. The molecule has 0 fully saturated rings. The van der Waals surface area contributed by atoms with Crippen molar-refractivity contribution in [3.8, 4) is 0 Å². The van der Waals surface area contributed by atoms with Crippen LogP contribution in [-0.4, -0.2) is 20.5 Å². The van der Waals surface area contributed by atoms with Crippen molar-refractivity contribution in [1.29, 1.82) is 0 Å². The summed E-state index contributed by atoms with van der Waals surface area (Å²) in [6.45, 7) is 5.30. The molecule has 0 saturated carbocycles. The Morgan fingerprint density at radius 3 is 3.20 bits per heavy atom. The largest absolute Gasteiger partial charge is 0.319 e. The van der Waals surface area contributed by atoms with E-state index in [1.807, 2.05) is 13.0 Å². The predicted octanol–water partition coefficient (Wildman–Crippen LogP) is 1.16. The third-order valence-electron chi connectivity index (χ3n) is 2.09. The summed E-state index contributed by atoms with van der Waals surface area (Å²) in [7, 11) is 0. The zero-order valence-corrected chi connectivity index (χ0v) is 8.27. The van der Waals surface area contributed by atoms with Crippen LogP contribution < -0.4 is 5.32 Å². The van der Waals surface area contributed by atoms with Gasteiger partial charge in [0.2, 0.25) is 5.91 Å². The first-order chi connectivity index (χ1) is 7.22. The lowest BCUT2D eigenvalue weighted by Crippen LogP contribution is -2.10. The van der Waals surface area contributed by atoms with Crippen LogP contribution in [0.5, 0.6) is 0 Å². The van der Waals surface area contributed by atoms with Gasteiger partial charge in [0, 0.05) is 6.20 Å².